The van der Waals surface area contributed by atoms with Crippen LogP contribution in [0.2, 0.25) is 0 Å². The van der Waals surface area contributed by atoms with Crippen molar-refractivity contribution in [2.45, 2.75) is 69.9 Å². The first-order valence-electron chi connectivity index (χ1n) is 14.5. The average molecular weight is 569 g/mol. The van der Waals surface area contributed by atoms with Crippen molar-refractivity contribution in [2.75, 3.05) is 38.2 Å². The van der Waals surface area contributed by atoms with E-state index < -0.39 is 18.0 Å². The van der Waals surface area contributed by atoms with Crippen LogP contribution in [0, 0.1) is 5.92 Å². The number of likely N-dealkylation sites (tertiary alicyclic amines) is 1. The molecule has 222 valence electrons. The molecule has 10 nitrogen and oxygen atoms in total. The maximum absolute atomic E-state index is 12.4. The third-order valence-electron chi connectivity index (χ3n) is 8.23. The van der Waals surface area contributed by atoms with Crippen molar-refractivity contribution in [3.63, 3.8) is 0 Å². The zero-order chi connectivity index (χ0) is 28.8. The van der Waals surface area contributed by atoms with Gasteiger partial charge in [0.1, 0.15) is 0 Å². The lowest BCUT2D eigenvalue weighted by Gasteiger charge is -2.44. The predicted octanol–water partition coefficient (Wildman–Crippen LogP) is 4.00. The lowest BCUT2D eigenvalue weighted by atomic mass is 9.89. The second kappa shape index (κ2) is 13.4. The first kappa shape index (κ1) is 29.6. The van der Waals surface area contributed by atoms with E-state index in [-0.39, 0.29) is 49.9 Å². The first-order chi connectivity index (χ1) is 19.8. The van der Waals surface area contributed by atoms with Gasteiger partial charge in [0.2, 0.25) is 5.91 Å². The van der Waals surface area contributed by atoms with Gasteiger partial charge in [-0.1, -0.05) is 43.3 Å². The van der Waals surface area contributed by atoms with Gasteiger partial charge in [-0.05, 0) is 29.7 Å². The van der Waals surface area contributed by atoms with Gasteiger partial charge in [0.25, 0.3) is 0 Å². The Hall–Kier alpha value is -2.86. The number of aliphatic carboxylic acids is 1. The summed E-state index contributed by atoms with van der Waals surface area (Å²) >= 11 is 0. The normalized spacial score (nSPS) is 26.2. The monoisotopic (exact) mass is 568 g/mol. The number of nitrogens with zero attached hydrogens (tertiary/aromatic N) is 1. The van der Waals surface area contributed by atoms with Crippen LogP contribution in [0.4, 0.5) is 5.69 Å². The molecule has 3 N–H and O–H groups in total. The van der Waals surface area contributed by atoms with E-state index in [2.05, 4.69) is 17.1 Å². The van der Waals surface area contributed by atoms with E-state index in [1.165, 1.54) is 0 Å². The van der Waals surface area contributed by atoms with Gasteiger partial charge >= 0.3 is 5.97 Å². The maximum Gasteiger partial charge on any atom is 0.303 e. The van der Waals surface area contributed by atoms with E-state index in [4.69, 9.17) is 24.1 Å². The minimum absolute atomic E-state index is 0.0194. The number of nitrogens with one attached hydrogen (secondary N) is 1. The number of carboxylic acids is 1. The molecule has 0 bridgehead atoms. The molecule has 0 saturated carbocycles. The lowest BCUT2D eigenvalue weighted by Crippen LogP contribution is -2.50. The van der Waals surface area contributed by atoms with Crippen LogP contribution >= 0.6 is 0 Å². The molecule has 2 aromatic carbocycles. The van der Waals surface area contributed by atoms with E-state index in [1.54, 1.807) is 6.07 Å². The molecule has 10 heteroatoms. The molecule has 1 amide bonds. The number of anilines is 1. The molecule has 3 fully saturated rings. The largest absolute Gasteiger partial charge is 0.481 e. The highest BCUT2D eigenvalue weighted by Crippen LogP contribution is 2.42. The summed E-state index contributed by atoms with van der Waals surface area (Å²) in [6.07, 6.45) is 1.01. The Balaban J connectivity index is 1.31. The maximum atomic E-state index is 12.4. The van der Waals surface area contributed by atoms with Crippen LogP contribution in [0.25, 0.3) is 0 Å². The Morgan fingerprint density at radius 1 is 1.00 bits per heavy atom. The molecule has 5 rings (SSSR count). The average Bonchev–Trinajstić information content (AvgIpc) is 3.43. The van der Waals surface area contributed by atoms with Gasteiger partial charge in [0.15, 0.2) is 12.1 Å². The van der Waals surface area contributed by atoms with Crippen molar-refractivity contribution < 1.29 is 38.7 Å². The SMILES string of the molecule is CC1C(CN2CCC3(CC2)OCCO3)OC(c2cccc(NC(=O)CCCC(=O)O)c2)OC1c1ccc(CO)cc1. The molecular formula is C31H40N2O8. The number of carbonyl (C=O) groups is 2. The van der Waals surface area contributed by atoms with Crippen molar-refractivity contribution in [3.8, 4) is 0 Å². The second-order valence-electron chi connectivity index (χ2n) is 11.2. The summed E-state index contributed by atoms with van der Waals surface area (Å²) < 4.78 is 25.0. The van der Waals surface area contributed by atoms with Gasteiger partial charge < -0.3 is 39.4 Å². The van der Waals surface area contributed by atoms with Crippen LogP contribution in [-0.4, -0.2) is 71.7 Å². The van der Waals surface area contributed by atoms with E-state index in [0.717, 1.165) is 49.2 Å². The van der Waals surface area contributed by atoms with Crippen LogP contribution in [0.1, 0.15) is 68.1 Å². The molecule has 0 aromatic heterocycles. The lowest BCUT2D eigenvalue weighted by molar-refractivity contribution is -0.278. The van der Waals surface area contributed by atoms with E-state index in [1.807, 2.05) is 42.5 Å². The predicted molar refractivity (Wildman–Crippen MR) is 150 cm³/mol. The molecule has 0 aliphatic carbocycles. The fraction of sp³-hybridized carbons (Fsp3) is 0.548. The smallest absolute Gasteiger partial charge is 0.303 e. The highest BCUT2D eigenvalue weighted by molar-refractivity contribution is 5.90. The Kier molecular flexibility index (Phi) is 9.69. The van der Waals surface area contributed by atoms with Gasteiger partial charge in [0, 0.05) is 62.5 Å². The van der Waals surface area contributed by atoms with E-state index in [9.17, 15) is 14.7 Å². The zero-order valence-corrected chi connectivity index (χ0v) is 23.5. The number of aliphatic hydroxyl groups is 1. The molecular weight excluding hydrogens is 528 g/mol. The summed E-state index contributed by atoms with van der Waals surface area (Å²) in [6.45, 7) is 5.89. The summed E-state index contributed by atoms with van der Waals surface area (Å²) in [5.41, 5.74) is 3.24. The Labute approximate surface area is 240 Å². The summed E-state index contributed by atoms with van der Waals surface area (Å²) in [4.78, 5) is 25.5. The summed E-state index contributed by atoms with van der Waals surface area (Å²) in [5, 5.41) is 21.2. The molecule has 4 unspecified atom stereocenters. The summed E-state index contributed by atoms with van der Waals surface area (Å²) in [7, 11) is 0. The van der Waals surface area contributed by atoms with Crippen LogP contribution in [0.5, 0.6) is 0 Å². The summed E-state index contributed by atoms with van der Waals surface area (Å²) in [6, 6.07) is 15.2. The number of piperidine rings is 1. The van der Waals surface area contributed by atoms with Gasteiger partial charge in [-0.2, -0.15) is 0 Å². The Bertz CT molecular complexity index is 1170. The topological polar surface area (TPSA) is 127 Å². The van der Waals surface area contributed by atoms with Crippen molar-refractivity contribution in [3.05, 3.63) is 65.2 Å². The third-order valence-corrected chi connectivity index (χ3v) is 8.23. The number of aliphatic hydroxyl groups excluding tert-OH is 1. The molecule has 3 aliphatic heterocycles. The molecule has 41 heavy (non-hydrogen) atoms. The van der Waals surface area contributed by atoms with Crippen LogP contribution in [0.15, 0.2) is 48.5 Å². The number of carbonyl (C=O) groups excluding carboxylic acids is 1. The van der Waals surface area contributed by atoms with Gasteiger partial charge in [-0.3, -0.25) is 9.59 Å². The Morgan fingerprint density at radius 3 is 2.41 bits per heavy atom. The number of carboxylic acid groups (broad SMARTS) is 1. The highest BCUT2D eigenvalue weighted by Gasteiger charge is 2.43. The second-order valence-corrected chi connectivity index (χ2v) is 11.2. The van der Waals surface area contributed by atoms with Crippen LogP contribution < -0.4 is 5.32 Å². The number of hydrogen-bond acceptors (Lipinski definition) is 8. The minimum Gasteiger partial charge on any atom is -0.481 e. The van der Waals surface area contributed by atoms with E-state index in [0.29, 0.717) is 18.9 Å². The number of hydrogen-bond donors (Lipinski definition) is 3. The van der Waals surface area contributed by atoms with Gasteiger partial charge in [-0.25, -0.2) is 0 Å². The molecule has 0 radical (unpaired) electrons. The number of rotatable bonds is 10. The molecule has 1 spiro atoms. The van der Waals surface area contributed by atoms with Crippen molar-refractivity contribution in [2.24, 2.45) is 5.92 Å². The standard InChI is InChI=1S/C31H40N2O8/c1-21-26(19-33-14-12-31(13-15-33)38-16-17-39-31)40-30(41-29(21)23-10-8-22(20-34)9-11-23)24-4-2-5-25(18-24)32-27(35)6-3-7-28(36)37/h2,4-5,8-11,18,21,26,29-30,34H,3,6-7,12-17,19-20H2,1H3,(H,32,35)(H,36,37). The fourth-order valence-corrected chi connectivity index (χ4v) is 5.83. The van der Waals surface area contributed by atoms with Crippen LogP contribution in [-0.2, 0) is 35.1 Å². The fourth-order valence-electron chi connectivity index (χ4n) is 5.83. The number of ether oxygens (including phenoxy) is 4. The van der Waals surface area contributed by atoms with E-state index >= 15 is 0 Å². The minimum atomic E-state index is -0.917. The molecule has 3 saturated heterocycles. The molecule has 4 atom stereocenters. The first-order valence-corrected chi connectivity index (χ1v) is 14.5. The number of benzene rings is 2. The quantitative estimate of drug-likeness (QED) is 0.390. The van der Waals surface area contributed by atoms with Crippen molar-refractivity contribution in [1.29, 1.82) is 0 Å². The molecule has 3 aliphatic rings. The summed E-state index contributed by atoms with van der Waals surface area (Å²) in [5.74, 6) is -1.53. The third kappa shape index (κ3) is 7.51. The Morgan fingerprint density at radius 2 is 1.73 bits per heavy atom. The molecule has 3 heterocycles. The zero-order valence-electron chi connectivity index (χ0n) is 23.5. The van der Waals surface area contributed by atoms with Crippen LogP contribution in [0.3, 0.4) is 0 Å². The van der Waals surface area contributed by atoms with Gasteiger partial charge in [-0.15, -0.1) is 0 Å². The molecule has 2 aromatic rings. The highest BCUT2D eigenvalue weighted by atomic mass is 16.7. The van der Waals surface area contributed by atoms with Gasteiger partial charge in [0.05, 0.1) is 32.0 Å². The van der Waals surface area contributed by atoms with Crippen molar-refractivity contribution in [1.82, 2.24) is 4.90 Å². The van der Waals surface area contributed by atoms with Crippen molar-refractivity contribution >= 4 is 17.6 Å². The number of amides is 1.